The molecule has 0 saturated heterocycles. The number of rotatable bonds is 4. The highest BCUT2D eigenvalue weighted by molar-refractivity contribution is 5.72. The maximum Gasteiger partial charge on any atom is 0.214 e. The minimum Gasteiger partial charge on any atom is -0.342 e. The Morgan fingerprint density at radius 2 is 1.54 bits per heavy atom. The molecule has 0 radical (unpaired) electrons. The molecule has 3 rings (SSSR count). The Bertz CT molecular complexity index is 717. The predicted octanol–water partition coefficient (Wildman–Crippen LogP) is 7.36. The van der Waals surface area contributed by atoms with Crippen molar-refractivity contribution in [3.8, 4) is 22.5 Å². The summed E-state index contributed by atoms with van der Waals surface area (Å²) in [5.41, 5.74) is 4.61. The average Bonchev–Trinajstić information content (AvgIpc) is 3.24. The molecule has 1 heterocycles. The van der Waals surface area contributed by atoms with Gasteiger partial charge in [-0.05, 0) is 28.7 Å². The summed E-state index contributed by atoms with van der Waals surface area (Å²) in [4.78, 5) is 4.19. The Balaban J connectivity index is 0.000000500. The van der Waals surface area contributed by atoms with Crippen LogP contribution in [0.15, 0.2) is 59.4 Å². The summed E-state index contributed by atoms with van der Waals surface area (Å²) in [6, 6.07) is 16.7. The second-order valence-corrected chi connectivity index (χ2v) is 6.08. The van der Waals surface area contributed by atoms with E-state index in [4.69, 9.17) is 4.52 Å². The van der Waals surface area contributed by atoms with Crippen LogP contribution >= 0.6 is 0 Å². The zero-order valence-electron chi connectivity index (χ0n) is 17.0. The van der Waals surface area contributed by atoms with Crippen LogP contribution in [0.3, 0.4) is 0 Å². The Labute approximate surface area is 158 Å². The number of aromatic nitrogens is 2. The molecule has 140 valence electrons. The summed E-state index contributed by atoms with van der Waals surface area (Å²) in [6.07, 6.45) is 4.01. The summed E-state index contributed by atoms with van der Waals surface area (Å²) in [7, 11) is 0. The van der Waals surface area contributed by atoms with Gasteiger partial charge in [-0.25, -0.2) is 0 Å². The fraction of sp³-hybridized carbons (Fsp3) is 0.391. The van der Waals surface area contributed by atoms with Gasteiger partial charge in [-0.1, -0.05) is 102 Å². The second-order valence-electron chi connectivity index (χ2n) is 6.08. The lowest BCUT2D eigenvalue weighted by atomic mass is 9.93. The molecule has 3 aromatic rings. The molecule has 26 heavy (non-hydrogen) atoms. The van der Waals surface area contributed by atoms with E-state index in [1.54, 1.807) is 0 Å². The second kappa shape index (κ2) is 12.0. The summed E-state index contributed by atoms with van der Waals surface area (Å²) >= 11 is 0. The molecule has 0 spiro atoms. The van der Waals surface area contributed by atoms with Gasteiger partial charge in [-0.2, -0.15) is 4.98 Å². The molecule has 0 aliphatic carbocycles. The van der Waals surface area contributed by atoms with Crippen molar-refractivity contribution < 1.29 is 4.52 Å². The summed E-state index contributed by atoms with van der Waals surface area (Å²) in [5, 5.41) is 3.98. The van der Waals surface area contributed by atoms with Gasteiger partial charge >= 0.3 is 0 Å². The first-order valence-corrected chi connectivity index (χ1v) is 9.63. The highest BCUT2D eigenvalue weighted by Gasteiger charge is 2.13. The number of benzene rings is 2. The third-order valence-electron chi connectivity index (χ3n) is 3.88. The van der Waals surface area contributed by atoms with Gasteiger partial charge in [-0.3, -0.25) is 0 Å². The molecule has 3 nitrogen and oxygen atoms in total. The molecular formula is C23H32N2O. The average molecular weight is 353 g/mol. The van der Waals surface area contributed by atoms with Crippen LogP contribution in [0.1, 0.15) is 65.9 Å². The lowest BCUT2D eigenvalue weighted by Gasteiger charge is -2.12. The molecule has 0 atom stereocenters. The van der Waals surface area contributed by atoms with E-state index in [9.17, 15) is 0 Å². The molecular weight excluding hydrogens is 320 g/mol. The Morgan fingerprint density at radius 3 is 2.04 bits per heavy atom. The van der Waals surface area contributed by atoms with Gasteiger partial charge in [0.1, 0.15) is 0 Å². The van der Waals surface area contributed by atoms with Gasteiger partial charge in [-0.15, -0.1) is 0 Å². The van der Waals surface area contributed by atoms with Crippen molar-refractivity contribution in [1.82, 2.24) is 10.1 Å². The number of nitrogens with zero attached hydrogens (tertiary/aromatic N) is 2. The minimum absolute atomic E-state index is 0.410. The van der Waals surface area contributed by atoms with Crippen molar-refractivity contribution in [2.75, 3.05) is 0 Å². The first-order valence-electron chi connectivity index (χ1n) is 9.63. The predicted molar refractivity (Wildman–Crippen MR) is 111 cm³/mol. The quantitative estimate of drug-likeness (QED) is 0.492. The van der Waals surface area contributed by atoms with Gasteiger partial charge in [0.25, 0.3) is 0 Å². The Hall–Kier alpha value is -2.42. The number of hydrogen-bond acceptors (Lipinski definition) is 3. The van der Waals surface area contributed by atoms with Gasteiger partial charge in [0.2, 0.25) is 12.2 Å². The number of unbranched alkanes of at least 4 members (excludes halogenated alkanes) is 1. The van der Waals surface area contributed by atoms with Crippen molar-refractivity contribution in [3.63, 3.8) is 0 Å². The molecule has 2 aromatic carbocycles. The van der Waals surface area contributed by atoms with Crippen molar-refractivity contribution in [3.05, 3.63) is 60.5 Å². The van der Waals surface area contributed by atoms with Gasteiger partial charge in [0.15, 0.2) is 0 Å². The fourth-order valence-electron chi connectivity index (χ4n) is 2.35. The van der Waals surface area contributed by atoms with Gasteiger partial charge < -0.3 is 4.52 Å². The zero-order chi connectivity index (χ0) is 19.4. The Kier molecular flexibility index (Phi) is 9.99. The lowest BCUT2D eigenvalue weighted by Crippen LogP contribution is -1.94. The molecule has 3 heteroatoms. The highest BCUT2D eigenvalue weighted by Crippen LogP contribution is 2.31. The van der Waals surface area contributed by atoms with E-state index in [1.807, 2.05) is 32.0 Å². The van der Waals surface area contributed by atoms with Gasteiger partial charge in [0.05, 0.1) is 0 Å². The molecule has 0 saturated carbocycles. The molecule has 0 aliphatic heterocycles. The first-order chi connectivity index (χ1) is 12.7. The van der Waals surface area contributed by atoms with Crippen molar-refractivity contribution in [2.24, 2.45) is 0 Å². The van der Waals surface area contributed by atoms with Crippen LogP contribution in [0, 0.1) is 0 Å². The molecule has 0 amide bonds. The van der Waals surface area contributed by atoms with Crippen LogP contribution in [0.5, 0.6) is 0 Å². The van der Waals surface area contributed by atoms with Crippen LogP contribution in [0.4, 0.5) is 0 Å². The lowest BCUT2D eigenvalue weighted by molar-refractivity contribution is 0.418. The normalized spacial score (nSPS) is 9.81. The van der Waals surface area contributed by atoms with E-state index in [2.05, 4.69) is 68.2 Å². The number of hydrogen-bond donors (Lipinski definition) is 0. The molecule has 0 bridgehead atoms. The zero-order valence-corrected chi connectivity index (χ0v) is 17.0. The fourth-order valence-corrected chi connectivity index (χ4v) is 2.35. The standard InChI is InChI=1S/C17H16N2O.C4H10.C2H6/c1-12(2)15-9-8-14(13-6-4-3-5-7-13)10-16(15)17-18-11-20-19-17;1-3-4-2;1-2/h3-12H,1-2H3;3-4H2,1-2H3;1-2H3. The van der Waals surface area contributed by atoms with E-state index >= 15 is 0 Å². The van der Waals surface area contributed by atoms with E-state index in [1.165, 1.54) is 30.4 Å². The van der Waals surface area contributed by atoms with Crippen LogP contribution in [0.25, 0.3) is 22.5 Å². The highest BCUT2D eigenvalue weighted by atomic mass is 16.5. The van der Waals surface area contributed by atoms with Crippen molar-refractivity contribution >= 4 is 0 Å². The van der Waals surface area contributed by atoms with Crippen LogP contribution in [-0.4, -0.2) is 10.1 Å². The Morgan fingerprint density at radius 1 is 0.885 bits per heavy atom. The van der Waals surface area contributed by atoms with Crippen LogP contribution < -0.4 is 0 Å². The maximum absolute atomic E-state index is 4.89. The van der Waals surface area contributed by atoms with E-state index in [-0.39, 0.29) is 0 Å². The minimum atomic E-state index is 0.410. The molecule has 1 aromatic heterocycles. The van der Waals surface area contributed by atoms with Gasteiger partial charge in [0, 0.05) is 5.56 Å². The van der Waals surface area contributed by atoms with Crippen molar-refractivity contribution in [1.29, 1.82) is 0 Å². The first kappa shape index (κ1) is 21.6. The summed E-state index contributed by atoms with van der Waals surface area (Å²) < 4.78 is 4.89. The molecule has 0 N–H and O–H groups in total. The maximum atomic E-state index is 4.89. The third-order valence-corrected chi connectivity index (χ3v) is 3.88. The largest absolute Gasteiger partial charge is 0.342 e. The SMILES string of the molecule is CC.CC(C)c1ccc(-c2ccccc2)cc1-c1ncon1.CCCC. The van der Waals surface area contributed by atoms with E-state index in [0.717, 1.165) is 11.1 Å². The topological polar surface area (TPSA) is 38.9 Å². The van der Waals surface area contributed by atoms with Crippen molar-refractivity contribution in [2.45, 2.75) is 60.3 Å². The van der Waals surface area contributed by atoms with E-state index in [0.29, 0.717) is 11.7 Å². The van der Waals surface area contributed by atoms with E-state index < -0.39 is 0 Å². The smallest absolute Gasteiger partial charge is 0.214 e. The third kappa shape index (κ3) is 6.14. The molecule has 0 aliphatic rings. The molecule has 0 fully saturated rings. The summed E-state index contributed by atoms with van der Waals surface area (Å²) in [6.45, 7) is 12.7. The molecule has 0 unspecified atom stereocenters. The van der Waals surface area contributed by atoms with Crippen LogP contribution in [0.2, 0.25) is 0 Å². The van der Waals surface area contributed by atoms with Crippen LogP contribution in [-0.2, 0) is 0 Å². The monoisotopic (exact) mass is 352 g/mol. The summed E-state index contributed by atoms with van der Waals surface area (Å²) in [5.74, 6) is 1.06.